The van der Waals surface area contributed by atoms with Crippen molar-refractivity contribution in [2.45, 2.75) is 45.7 Å². The summed E-state index contributed by atoms with van der Waals surface area (Å²) < 4.78 is 0. The van der Waals surface area contributed by atoms with E-state index < -0.39 is 0 Å². The van der Waals surface area contributed by atoms with Crippen molar-refractivity contribution in [1.29, 1.82) is 0 Å². The summed E-state index contributed by atoms with van der Waals surface area (Å²) in [6, 6.07) is 5.15. The van der Waals surface area contributed by atoms with Gasteiger partial charge in [0.2, 0.25) is 0 Å². The number of rotatable bonds is 7. The van der Waals surface area contributed by atoms with Crippen LogP contribution in [0.4, 0.5) is 0 Å². The maximum Gasteiger partial charge on any atom is 0.0102 e. The summed E-state index contributed by atoms with van der Waals surface area (Å²) in [7, 11) is 0. The standard InChI is InChI=1S/C13H24N2S/c1-4-15(5-2)11(3)9-12(14)10-13-7-6-8-16-13/h6-8,11-12H,4-5,9-10,14H2,1-3H3. The molecule has 0 aliphatic carbocycles. The van der Waals surface area contributed by atoms with Gasteiger partial charge in [-0.15, -0.1) is 11.3 Å². The molecule has 0 radical (unpaired) electrons. The molecule has 2 N–H and O–H groups in total. The third-order valence-electron chi connectivity index (χ3n) is 3.12. The Hall–Kier alpha value is -0.380. The fourth-order valence-corrected chi connectivity index (χ4v) is 3.00. The van der Waals surface area contributed by atoms with E-state index in [-0.39, 0.29) is 6.04 Å². The van der Waals surface area contributed by atoms with Crippen LogP contribution in [-0.2, 0) is 6.42 Å². The van der Waals surface area contributed by atoms with E-state index in [0.717, 1.165) is 25.9 Å². The number of thiophene rings is 1. The molecular weight excluding hydrogens is 216 g/mol. The first kappa shape index (κ1) is 13.7. The lowest BCUT2D eigenvalue weighted by molar-refractivity contribution is 0.212. The predicted molar refractivity (Wildman–Crippen MR) is 73.0 cm³/mol. The highest BCUT2D eigenvalue weighted by Crippen LogP contribution is 2.14. The minimum Gasteiger partial charge on any atom is -0.327 e. The Morgan fingerprint density at radius 1 is 1.38 bits per heavy atom. The molecule has 0 fully saturated rings. The third kappa shape index (κ3) is 4.24. The molecule has 0 saturated carbocycles. The summed E-state index contributed by atoms with van der Waals surface area (Å²) >= 11 is 1.80. The molecule has 16 heavy (non-hydrogen) atoms. The monoisotopic (exact) mass is 240 g/mol. The van der Waals surface area contributed by atoms with Crippen LogP contribution in [-0.4, -0.2) is 30.1 Å². The summed E-state index contributed by atoms with van der Waals surface area (Å²) in [6.45, 7) is 8.93. The van der Waals surface area contributed by atoms with E-state index in [1.54, 1.807) is 11.3 Å². The molecule has 0 aliphatic heterocycles. The second-order valence-corrected chi connectivity index (χ2v) is 5.38. The van der Waals surface area contributed by atoms with Crippen LogP contribution in [0.5, 0.6) is 0 Å². The molecular formula is C13H24N2S. The topological polar surface area (TPSA) is 29.3 Å². The minimum atomic E-state index is 0.286. The van der Waals surface area contributed by atoms with Gasteiger partial charge in [-0.3, -0.25) is 0 Å². The van der Waals surface area contributed by atoms with E-state index in [2.05, 4.69) is 43.2 Å². The summed E-state index contributed by atoms with van der Waals surface area (Å²) in [5, 5.41) is 2.12. The number of hydrogen-bond donors (Lipinski definition) is 1. The molecule has 2 unspecified atom stereocenters. The molecule has 0 amide bonds. The maximum absolute atomic E-state index is 6.19. The Kier molecular flexibility index (Phi) is 6.03. The van der Waals surface area contributed by atoms with Crippen molar-refractivity contribution in [1.82, 2.24) is 4.90 Å². The van der Waals surface area contributed by atoms with Crippen LogP contribution in [0.1, 0.15) is 32.1 Å². The van der Waals surface area contributed by atoms with Crippen molar-refractivity contribution in [2.75, 3.05) is 13.1 Å². The molecule has 1 aromatic rings. The van der Waals surface area contributed by atoms with Gasteiger partial charge in [0.25, 0.3) is 0 Å². The van der Waals surface area contributed by atoms with Crippen LogP contribution >= 0.6 is 11.3 Å². The summed E-state index contributed by atoms with van der Waals surface area (Å²) in [5.74, 6) is 0. The second kappa shape index (κ2) is 7.05. The Balaban J connectivity index is 2.35. The van der Waals surface area contributed by atoms with Crippen molar-refractivity contribution in [3.8, 4) is 0 Å². The van der Waals surface area contributed by atoms with Gasteiger partial charge in [-0.2, -0.15) is 0 Å². The molecule has 2 atom stereocenters. The summed E-state index contributed by atoms with van der Waals surface area (Å²) in [4.78, 5) is 3.87. The first-order chi connectivity index (χ1) is 7.67. The fourth-order valence-electron chi connectivity index (χ4n) is 2.20. The van der Waals surface area contributed by atoms with Gasteiger partial charge >= 0.3 is 0 Å². The van der Waals surface area contributed by atoms with E-state index in [1.807, 2.05) is 0 Å². The Morgan fingerprint density at radius 2 is 2.06 bits per heavy atom. The smallest absolute Gasteiger partial charge is 0.0102 e. The molecule has 1 aromatic heterocycles. The third-order valence-corrected chi connectivity index (χ3v) is 4.02. The highest BCUT2D eigenvalue weighted by molar-refractivity contribution is 7.09. The first-order valence-electron chi connectivity index (χ1n) is 6.19. The average Bonchev–Trinajstić information content (AvgIpc) is 2.71. The zero-order valence-electron chi connectivity index (χ0n) is 10.6. The quantitative estimate of drug-likeness (QED) is 0.794. The summed E-state index contributed by atoms with van der Waals surface area (Å²) in [5.41, 5.74) is 6.19. The molecule has 0 spiro atoms. The highest BCUT2D eigenvalue weighted by Gasteiger charge is 2.14. The fraction of sp³-hybridized carbons (Fsp3) is 0.692. The molecule has 1 rings (SSSR count). The zero-order chi connectivity index (χ0) is 12.0. The van der Waals surface area contributed by atoms with Gasteiger partial charge in [0.05, 0.1) is 0 Å². The molecule has 0 aromatic carbocycles. The van der Waals surface area contributed by atoms with Crippen LogP contribution in [0.3, 0.4) is 0 Å². The minimum absolute atomic E-state index is 0.286. The largest absolute Gasteiger partial charge is 0.327 e. The van der Waals surface area contributed by atoms with Crippen molar-refractivity contribution in [3.63, 3.8) is 0 Å². The Morgan fingerprint density at radius 3 is 2.56 bits per heavy atom. The zero-order valence-corrected chi connectivity index (χ0v) is 11.5. The van der Waals surface area contributed by atoms with E-state index in [1.165, 1.54) is 4.88 Å². The lowest BCUT2D eigenvalue weighted by Gasteiger charge is -2.28. The number of nitrogens with two attached hydrogens (primary N) is 1. The molecule has 0 bridgehead atoms. The number of nitrogens with zero attached hydrogens (tertiary/aromatic N) is 1. The molecule has 92 valence electrons. The molecule has 3 heteroatoms. The maximum atomic E-state index is 6.19. The SMILES string of the molecule is CCN(CC)C(C)CC(N)Cc1cccs1. The lowest BCUT2D eigenvalue weighted by atomic mass is 10.0. The Bertz CT molecular complexity index is 267. The number of hydrogen-bond acceptors (Lipinski definition) is 3. The highest BCUT2D eigenvalue weighted by atomic mass is 32.1. The first-order valence-corrected chi connectivity index (χ1v) is 7.07. The second-order valence-electron chi connectivity index (χ2n) is 4.35. The van der Waals surface area contributed by atoms with Gasteiger partial charge < -0.3 is 10.6 Å². The summed E-state index contributed by atoms with van der Waals surface area (Å²) in [6.07, 6.45) is 2.10. The van der Waals surface area contributed by atoms with Crippen molar-refractivity contribution in [2.24, 2.45) is 5.73 Å². The normalized spacial score (nSPS) is 15.3. The van der Waals surface area contributed by atoms with Crippen molar-refractivity contribution >= 4 is 11.3 Å². The van der Waals surface area contributed by atoms with Crippen LogP contribution in [0.15, 0.2) is 17.5 Å². The van der Waals surface area contributed by atoms with Gasteiger partial charge in [-0.05, 0) is 44.3 Å². The van der Waals surface area contributed by atoms with Crippen LogP contribution < -0.4 is 5.73 Å². The molecule has 0 aliphatic rings. The van der Waals surface area contributed by atoms with Gasteiger partial charge in [0.15, 0.2) is 0 Å². The van der Waals surface area contributed by atoms with Gasteiger partial charge in [0.1, 0.15) is 0 Å². The van der Waals surface area contributed by atoms with Crippen LogP contribution in [0, 0.1) is 0 Å². The van der Waals surface area contributed by atoms with E-state index in [9.17, 15) is 0 Å². The molecule has 1 heterocycles. The Labute approximate surface area is 103 Å². The lowest BCUT2D eigenvalue weighted by Crippen LogP contribution is -2.38. The average molecular weight is 240 g/mol. The molecule has 0 saturated heterocycles. The van der Waals surface area contributed by atoms with E-state index in [4.69, 9.17) is 5.73 Å². The van der Waals surface area contributed by atoms with Crippen molar-refractivity contribution in [3.05, 3.63) is 22.4 Å². The predicted octanol–water partition coefficient (Wildman–Crippen LogP) is 2.74. The van der Waals surface area contributed by atoms with Crippen LogP contribution in [0.2, 0.25) is 0 Å². The van der Waals surface area contributed by atoms with Crippen LogP contribution in [0.25, 0.3) is 0 Å². The van der Waals surface area contributed by atoms with E-state index in [0.29, 0.717) is 6.04 Å². The molecule has 2 nitrogen and oxygen atoms in total. The van der Waals surface area contributed by atoms with Gasteiger partial charge in [-0.1, -0.05) is 19.9 Å². The van der Waals surface area contributed by atoms with Crippen molar-refractivity contribution < 1.29 is 0 Å². The van der Waals surface area contributed by atoms with E-state index >= 15 is 0 Å². The van der Waals surface area contributed by atoms with Gasteiger partial charge in [0, 0.05) is 17.0 Å². The van der Waals surface area contributed by atoms with Gasteiger partial charge in [-0.25, -0.2) is 0 Å².